The van der Waals surface area contributed by atoms with E-state index in [1.165, 1.54) is 12.1 Å². The quantitative estimate of drug-likeness (QED) is 0.638. The number of hydrogen-bond donors (Lipinski definition) is 0. The molecule has 0 radical (unpaired) electrons. The van der Waals surface area contributed by atoms with E-state index in [-0.39, 0.29) is 17.4 Å². The zero-order chi connectivity index (χ0) is 18.7. The lowest BCUT2D eigenvalue weighted by atomic mass is 10.1. The van der Waals surface area contributed by atoms with E-state index in [0.717, 1.165) is 11.1 Å². The molecule has 2 aromatic carbocycles. The lowest BCUT2D eigenvalue weighted by Crippen LogP contribution is -2.42. The molecule has 1 aromatic heterocycles. The lowest BCUT2D eigenvalue weighted by Gasteiger charge is -2.18. The van der Waals surface area contributed by atoms with Crippen LogP contribution >= 0.6 is 15.9 Å². The van der Waals surface area contributed by atoms with Gasteiger partial charge in [-0.2, -0.15) is 0 Å². The highest BCUT2D eigenvalue weighted by Gasteiger charge is 2.15. The molecule has 0 bridgehead atoms. The fraction of sp³-hybridized carbons (Fsp3) is 0.200. The van der Waals surface area contributed by atoms with E-state index in [1.807, 2.05) is 48.9 Å². The summed E-state index contributed by atoms with van der Waals surface area (Å²) in [5, 5.41) is 0. The molecule has 0 saturated carbocycles. The Bertz CT molecular complexity index is 1020. The molecule has 3 rings (SSSR count). The first-order valence-corrected chi connectivity index (χ1v) is 9.04. The van der Waals surface area contributed by atoms with E-state index in [1.54, 1.807) is 22.9 Å². The Kier molecular flexibility index (Phi) is 5.52. The minimum atomic E-state index is -0.304. The van der Waals surface area contributed by atoms with Crippen molar-refractivity contribution in [1.82, 2.24) is 9.13 Å². The highest BCUT2D eigenvalue weighted by Crippen LogP contribution is 2.16. The Hall–Kier alpha value is -2.47. The van der Waals surface area contributed by atoms with Crippen molar-refractivity contribution >= 4 is 15.9 Å². The summed E-state index contributed by atoms with van der Waals surface area (Å²) in [7, 11) is 1.85. The van der Waals surface area contributed by atoms with Gasteiger partial charge in [-0.3, -0.25) is 9.36 Å². The normalized spacial score (nSPS) is 13.0. The van der Waals surface area contributed by atoms with Gasteiger partial charge in [0.05, 0.1) is 17.1 Å². The monoisotopic (exact) mass is 415 g/mol. The molecular weight excluding hydrogens is 397 g/mol. The molecule has 0 aliphatic carbocycles. The van der Waals surface area contributed by atoms with Gasteiger partial charge in [0, 0.05) is 13.2 Å². The van der Waals surface area contributed by atoms with E-state index >= 15 is 0 Å². The van der Waals surface area contributed by atoms with Crippen molar-refractivity contribution in [3.63, 3.8) is 0 Å². The molecule has 6 heteroatoms. The number of hydrogen-bond acceptors (Lipinski definition) is 2. The van der Waals surface area contributed by atoms with Crippen LogP contribution in [0.3, 0.4) is 0 Å². The number of nitrogens with zero attached hydrogens (tertiary/aromatic N) is 3. The maximum absolute atomic E-state index is 13.2. The van der Waals surface area contributed by atoms with Crippen LogP contribution < -0.4 is 11.2 Å². The van der Waals surface area contributed by atoms with Gasteiger partial charge in [-0.1, -0.05) is 42.5 Å². The summed E-state index contributed by atoms with van der Waals surface area (Å²) in [6.45, 7) is 2.37. The largest absolute Gasteiger partial charge is 0.321 e. The summed E-state index contributed by atoms with van der Waals surface area (Å²) < 4.78 is 17.1. The SMILES string of the molecule is CC(c1ccc(F)cc1)n1c(=O)c(Br)cn(C)/c1=N\Cc1ccccc1. The Morgan fingerprint density at radius 3 is 2.42 bits per heavy atom. The second-order valence-electron chi connectivity index (χ2n) is 6.09. The third-order valence-corrected chi connectivity index (χ3v) is 4.79. The molecule has 4 nitrogen and oxygen atoms in total. The molecule has 1 heterocycles. The molecule has 0 amide bonds. The number of aryl methyl sites for hydroxylation is 1. The third-order valence-electron chi connectivity index (χ3n) is 4.25. The molecule has 0 saturated heterocycles. The Morgan fingerprint density at radius 2 is 1.77 bits per heavy atom. The summed E-state index contributed by atoms with van der Waals surface area (Å²) in [6, 6.07) is 15.7. The smallest absolute Gasteiger partial charge is 0.269 e. The van der Waals surface area contributed by atoms with Gasteiger partial charge < -0.3 is 4.57 Å². The second kappa shape index (κ2) is 7.83. The summed E-state index contributed by atoms with van der Waals surface area (Å²) in [6.07, 6.45) is 1.71. The van der Waals surface area contributed by atoms with Crippen LogP contribution in [-0.2, 0) is 13.6 Å². The van der Waals surface area contributed by atoms with E-state index in [9.17, 15) is 9.18 Å². The van der Waals surface area contributed by atoms with Crippen LogP contribution in [0.25, 0.3) is 0 Å². The molecule has 0 spiro atoms. The fourth-order valence-corrected chi connectivity index (χ4v) is 3.33. The number of aromatic nitrogens is 2. The van der Waals surface area contributed by atoms with Crippen molar-refractivity contribution in [2.24, 2.45) is 12.0 Å². The molecule has 0 aliphatic heterocycles. The van der Waals surface area contributed by atoms with Crippen molar-refractivity contribution in [3.05, 3.63) is 98.2 Å². The van der Waals surface area contributed by atoms with Gasteiger partial charge in [0.25, 0.3) is 5.56 Å². The number of rotatable bonds is 4. The average molecular weight is 416 g/mol. The van der Waals surface area contributed by atoms with Crippen LogP contribution in [0.15, 0.2) is 75.1 Å². The van der Waals surface area contributed by atoms with Gasteiger partial charge in [-0.25, -0.2) is 9.38 Å². The van der Waals surface area contributed by atoms with Gasteiger partial charge in [-0.15, -0.1) is 0 Å². The zero-order valence-electron chi connectivity index (χ0n) is 14.6. The van der Waals surface area contributed by atoms with Gasteiger partial charge in [-0.05, 0) is 46.1 Å². The van der Waals surface area contributed by atoms with E-state index < -0.39 is 0 Å². The number of halogens is 2. The van der Waals surface area contributed by atoms with Gasteiger partial charge in [0.15, 0.2) is 0 Å². The first-order valence-electron chi connectivity index (χ1n) is 8.25. The van der Waals surface area contributed by atoms with Crippen LogP contribution in [0.2, 0.25) is 0 Å². The Balaban J connectivity index is 2.14. The minimum Gasteiger partial charge on any atom is -0.321 e. The van der Waals surface area contributed by atoms with E-state index in [2.05, 4.69) is 20.9 Å². The summed E-state index contributed by atoms with van der Waals surface area (Å²) in [5.41, 5.74) is 2.28. The van der Waals surface area contributed by atoms with Crippen molar-refractivity contribution < 1.29 is 4.39 Å². The molecule has 1 unspecified atom stereocenters. The van der Waals surface area contributed by atoms with E-state index in [0.29, 0.717) is 16.6 Å². The van der Waals surface area contributed by atoms with Gasteiger partial charge in [0.1, 0.15) is 5.82 Å². The van der Waals surface area contributed by atoms with Crippen molar-refractivity contribution in [1.29, 1.82) is 0 Å². The van der Waals surface area contributed by atoms with Crippen molar-refractivity contribution in [2.45, 2.75) is 19.5 Å². The first-order chi connectivity index (χ1) is 12.5. The average Bonchev–Trinajstić information content (AvgIpc) is 2.64. The molecule has 1 atom stereocenters. The molecule has 0 fully saturated rings. The molecule has 0 aliphatic rings. The van der Waals surface area contributed by atoms with Gasteiger partial charge in [0.2, 0.25) is 5.62 Å². The summed E-state index contributed by atoms with van der Waals surface area (Å²) >= 11 is 3.32. The maximum atomic E-state index is 13.2. The topological polar surface area (TPSA) is 39.3 Å². The lowest BCUT2D eigenvalue weighted by molar-refractivity contribution is 0.524. The molecule has 134 valence electrons. The Labute approximate surface area is 159 Å². The molecular formula is C20H19BrFN3O. The van der Waals surface area contributed by atoms with Crippen LogP contribution in [0.4, 0.5) is 4.39 Å². The molecule has 26 heavy (non-hydrogen) atoms. The summed E-state index contributed by atoms with van der Waals surface area (Å²) in [5.74, 6) is -0.304. The van der Waals surface area contributed by atoms with E-state index in [4.69, 9.17) is 0 Å². The van der Waals surface area contributed by atoms with Crippen LogP contribution in [0.1, 0.15) is 24.1 Å². The molecule has 0 N–H and O–H groups in total. The predicted octanol–water partition coefficient (Wildman–Crippen LogP) is 3.80. The number of benzene rings is 2. The van der Waals surface area contributed by atoms with Crippen LogP contribution in [-0.4, -0.2) is 9.13 Å². The minimum absolute atomic E-state index is 0.174. The van der Waals surface area contributed by atoms with Gasteiger partial charge >= 0.3 is 0 Å². The van der Waals surface area contributed by atoms with Crippen LogP contribution in [0, 0.1) is 5.82 Å². The second-order valence-corrected chi connectivity index (χ2v) is 6.95. The maximum Gasteiger partial charge on any atom is 0.269 e. The zero-order valence-corrected chi connectivity index (χ0v) is 16.1. The third kappa shape index (κ3) is 3.85. The van der Waals surface area contributed by atoms with Crippen molar-refractivity contribution in [2.75, 3.05) is 0 Å². The predicted molar refractivity (Wildman–Crippen MR) is 103 cm³/mol. The Morgan fingerprint density at radius 1 is 1.12 bits per heavy atom. The first kappa shape index (κ1) is 18.3. The fourth-order valence-electron chi connectivity index (χ4n) is 2.83. The highest BCUT2D eigenvalue weighted by molar-refractivity contribution is 9.10. The van der Waals surface area contributed by atoms with Crippen molar-refractivity contribution in [3.8, 4) is 0 Å². The molecule has 3 aromatic rings. The van der Waals surface area contributed by atoms with Crippen LogP contribution in [0.5, 0.6) is 0 Å². The standard InChI is InChI=1S/C20H19BrFN3O/c1-14(16-8-10-17(22)11-9-16)25-19(26)18(21)13-24(2)20(25)23-12-15-6-4-3-5-7-15/h3-11,13-14H,12H2,1-2H3/b23-20+. The highest BCUT2D eigenvalue weighted by atomic mass is 79.9. The summed E-state index contributed by atoms with van der Waals surface area (Å²) in [4.78, 5) is 17.5.